The molecule has 6 heteroatoms. The van der Waals surface area contributed by atoms with Gasteiger partial charge in [0.2, 0.25) is 23.6 Å². The van der Waals surface area contributed by atoms with Crippen LogP contribution in [0.15, 0.2) is 0 Å². The number of hydrogen-bond acceptors (Lipinski definition) is 4. The fourth-order valence-electron chi connectivity index (χ4n) is 6.02. The van der Waals surface area contributed by atoms with E-state index in [4.69, 9.17) is 0 Å². The van der Waals surface area contributed by atoms with Crippen LogP contribution in [0.25, 0.3) is 0 Å². The zero-order chi connectivity index (χ0) is 13.8. The van der Waals surface area contributed by atoms with Gasteiger partial charge in [0.15, 0.2) is 0 Å². The second kappa shape index (κ2) is 3.13. The maximum Gasteiger partial charge on any atom is 0.230 e. The van der Waals surface area contributed by atoms with E-state index in [1.54, 1.807) is 0 Å². The van der Waals surface area contributed by atoms with Gasteiger partial charge in [-0.3, -0.25) is 29.8 Å². The molecule has 2 saturated heterocycles. The maximum absolute atomic E-state index is 12.0. The molecule has 4 aliphatic carbocycles. The van der Waals surface area contributed by atoms with E-state index in [-0.39, 0.29) is 71.0 Å². The van der Waals surface area contributed by atoms with E-state index >= 15 is 0 Å². The highest BCUT2D eigenvalue weighted by Crippen LogP contribution is 2.68. The van der Waals surface area contributed by atoms with Gasteiger partial charge in [-0.25, -0.2) is 0 Å². The van der Waals surface area contributed by atoms with Crippen molar-refractivity contribution in [3.8, 4) is 0 Å². The molecule has 8 atom stereocenters. The van der Waals surface area contributed by atoms with E-state index in [0.717, 1.165) is 12.8 Å². The van der Waals surface area contributed by atoms with Gasteiger partial charge in [0.05, 0.1) is 23.7 Å². The molecule has 2 N–H and O–H groups in total. The van der Waals surface area contributed by atoms with Gasteiger partial charge in [-0.15, -0.1) is 0 Å². The summed E-state index contributed by atoms with van der Waals surface area (Å²) in [7, 11) is 0. The summed E-state index contributed by atoms with van der Waals surface area (Å²) in [5.74, 6) is -1.23. The second-order valence-corrected chi connectivity index (χ2v) is 6.87. The van der Waals surface area contributed by atoms with Crippen molar-refractivity contribution in [1.29, 1.82) is 0 Å². The summed E-state index contributed by atoms with van der Waals surface area (Å²) in [5.41, 5.74) is 0. The Morgan fingerprint density at radius 3 is 1.35 bits per heavy atom. The quantitative estimate of drug-likeness (QED) is 0.557. The van der Waals surface area contributed by atoms with Crippen molar-refractivity contribution in [2.75, 3.05) is 0 Å². The number of fused-ring (bicyclic) bond motifs is 2. The van der Waals surface area contributed by atoms with E-state index in [0.29, 0.717) is 0 Å². The Morgan fingerprint density at radius 1 is 0.600 bits per heavy atom. The number of nitrogens with one attached hydrogen (secondary N) is 2. The highest BCUT2D eigenvalue weighted by molar-refractivity contribution is 6.08. The van der Waals surface area contributed by atoms with Crippen molar-refractivity contribution < 1.29 is 19.2 Å². The number of imide groups is 2. The van der Waals surface area contributed by atoms with Crippen LogP contribution in [-0.2, 0) is 19.2 Å². The average molecular weight is 274 g/mol. The first-order chi connectivity index (χ1) is 9.59. The molecule has 6 fully saturated rings. The first kappa shape index (κ1) is 11.0. The minimum Gasteiger partial charge on any atom is -0.296 e. The molecule has 6 rings (SSSR count). The SMILES string of the molecule is O=C1NC(=O)[C@@H]2[C@@H]3CC[C@H]([C@@H]12)[C@@H]1[C@H]2C(=O)NC(=O)[C@@H]2[C@H]31. The first-order valence-corrected chi connectivity index (χ1v) is 7.29. The molecule has 0 aromatic heterocycles. The van der Waals surface area contributed by atoms with Crippen molar-refractivity contribution in [2.45, 2.75) is 12.8 Å². The molecule has 2 bridgehead atoms. The summed E-state index contributed by atoms with van der Waals surface area (Å²) >= 11 is 0. The Balaban J connectivity index is 1.61. The third-order valence-electron chi connectivity index (χ3n) is 6.50. The molecule has 2 aliphatic heterocycles. The molecule has 4 amide bonds. The van der Waals surface area contributed by atoms with Gasteiger partial charge in [-0.1, -0.05) is 0 Å². The van der Waals surface area contributed by atoms with Gasteiger partial charge in [-0.05, 0) is 36.5 Å². The maximum atomic E-state index is 12.0. The summed E-state index contributed by atoms with van der Waals surface area (Å²) in [5, 5.41) is 4.88. The Labute approximate surface area is 114 Å². The van der Waals surface area contributed by atoms with Crippen LogP contribution < -0.4 is 10.6 Å². The Bertz CT molecular complexity index is 546. The van der Waals surface area contributed by atoms with Crippen LogP contribution in [0.4, 0.5) is 0 Å². The minimum absolute atomic E-state index is 0.0966. The monoisotopic (exact) mass is 274 g/mol. The standard InChI is InChI=1S/C14H14N2O4/c17-11-7-3-1-2-4(8(7)12(18)15-11)6-5(3)9-10(6)14(20)16-13(9)19/h3-10H,1-2H2,(H,15,17,18)(H,16,19,20)/t3-,4+,5-,6+,7-,8-,9-,10-/m1/s1. The fourth-order valence-corrected chi connectivity index (χ4v) is 6.02. The summed E-state index contributed by atoms with van der Waals surface area (Å²) in [6.07, 6.45) is 1.80. The normalized spacial score (nSPS) is 54.8. The lowest BCUT2D eigenvalue weighted by Crippen LogP contribution is -2.65. The van der Waals surface area contributed by atoms with Gasteiger partial charge < -0.3 is 0 Å². The summed E-state index contributed by atoms with van der Waals surface area (Å²) in [6, 6.07) is 0. The number of carbonyl (C=O) groups is 4. The summed E-state index contributed by atoms with van der Waals surface area (Å²) < 4.78 is 0. The lowest BCUT2D eigenvalue weighted by Gasteiger charge is -2.62. The summed E-state index contributed by atoms with van der Waals surface area (Å²) in [6.45, 7) is 0. The zero-order valence-electron chi connectivity index (χ0n) is 10.7. The molecule has 0 radical (unpaired) electrons. The number of hydrogen-bond donors (Lipinski definition) is 2. The van der Waals surface area contributed by atoms with Crippen molar-refractivity contribution in [1.82, 2.24) is 10.6 Å². The van der Waals surface area contributed by atoms with Gasteiger partial charge in [0, 0.05) is 0 Å². The first-order valence-electron chi connectivity index (χ1n) is 7.29. The topological polar surface area (TPSA) is 92.3 Å². The van der Waals surface area contributed by atoms with Crippen molar-refractivity contribution in [3.63, 3.8) is 0 Å². The minimum atomic E-state index is -0.257. The molecule has 6 nitrogen and oxygen atoms in total. The van der Waals surface area contributed by atoms with Crippen LogP contribution in [0, 0.1) is 47.3 Å². The van der Waals surface area contributed by atoms with Crippen LogP contribution in [-0.4, -0.2) is 23.6 Å². The Hall–Kier alpha value is -1.72. The molecule has 104 valence electrons. The van der Waals surface area contributed by atoms with E-state index in [9.17, 15) is 19.2 Å². The van der Waals surface area contributed by atoms with Gasteiger partial charge in [0.25, 0.3) is 0 Å². The Morgan fingerprint density at radius 2 is 0.950 bits per heavy atom. The number of amides is 4. The van der Waals surface area contributed by atoms with Crippen LogP contribution in [0.2, 0.25) is 0 Å². The van der Waals surface area contributed by atoms with Crippen LogP contribution >= 0.6 is 0 Å². The zero-order valence-corrected chi connectivity index (χ0v) is 10.7. The van der Waals surface area contributed by atoms with E-state index in [2.05, 4.69) is 10.6 Å². The largest absolute Gasteiger partial charge is 0.296 e. The molecule has 6 aliphatic rings. The van der Waals surface area contributed by atoms with Crippen LogP contribution in [0.3, 0.4) is 0 Å². The molecule has 2 heterocycles. The van der Waals surface area contributed by atoms with E-state index in [1.165, 1.54) is 0 Å². The predicted octanol–water partition coefficient (Wildman–Crippen LogP) is -0.950. The highest BCUT2D eigenvalue weighted by atomic mass is 16.2. The van der Waals surface area contributed by atoms with Gasteiger partial charge >= 0.3 is 0 Å². The van der Waals surface area contributed by atoms with Crippen molar-refractivity contribution >= 4 is 23.6 Å². The molecular formula is C14H14N2O4. The highest BCUT2D eigenvalue weighted by Gasteiger charge is 2.73. The number of carbonyl (C=O) groups excluding carboxylic acids is 4. The van der Waals surface area contributed by atoms with Gasteiger partial charge in [0.1, 0.15) is 0 Å². The summed E-state index contributed by atoms with van der Waals surface area (Å²) in [4.78, 5) is 47.9. The van der Waals surface area contributed by atoms with Crippen LogP contribution in [0.5, 0.6) is 0 Å². The molecular weight excluding hydrogens is 260 g/mol. The van der Waals surface area contributed by atoms with E-state index in [1.807, 2.05) is 0 Å². The smallest absolute Gasteiger partial charge is 0.230 e. The Kier molecular flexibility index (Phi) is 1.72. The second-order valence-electron chi connectivity index (χ2n) is 6.87. The lowest BCUT2D eigenvalue weighted by molar-refractivity contribution is -0.190. The molecule has 20 heavy (non-hydrogen) atoms. The molecule has 0 spiro atoms. The molecule has 0 aromatic rings. The molecule has 0 unspecified atom stereocenters. The fraction of sp³-hybridized carbons (Fsp3) is 0.714. The molecule has 0 aromatic carbocycles. The molecule has 4 saturated carbocycles. The average Bonchev–Trinajstić information content (AvgIpc) is 2.78. The third-order valence-corrected chi connectivity index (χ3v) is 6.50. The van der Waals surface area contributed by atoms with Gasteiger partial charge in [-0.2, -0.15) is 0 Å². The van der Waals surface area contributed by atoms with Crippen molar-refractivity contribution in [2.24, 2.45) is 47.3 Å². The number of rotatable bonds is 0. The third kappa shape index (κ3) is 0.949. The predicted molar refractivity (Wildman–Crippen MR) is 63.5 cm³/mol. The van der Waals surface area contributed by atoms with Crippen LogP contribution in [0.1, 0.15) is 12.8 Å². The lowest BCUT2D eigenvalue weighted by atomic mass is 9.38. The van der Waals surface area contributed by atoms with E-state index < -0.39 is 0 Å². The van der Waals surface area contributed by atoms with Crippen molar-refractivity contribution in [3.05, 3.63) is 0 Å².